The summed E-state index contributed by atoms with van der Waals surface area (Å²) >= 11 is 6.00. The Morgan fingerprint density at radius 3 is 2.62 bits per heavy atom. The van der Waals surface area contributed by atoms with E-state index in [1.165, 1.54) is 31.0 Å². The lowest BCUT2D eigenvalue weighted by molar-refractivity contribution is 0.0743. The van der Waals surface area contributed by atoms with Crippen LogP contribution >= 0.6 is 11.6 Å². The molecule has 3 rings (SSSR count). The summed E-state index contributed by atoms with van der Waals surface area (Å²) in [6, 6.07) is 9.81. The van der Waals surface area contributed by atoms with E-state index in [1.54, 1.807) is 7.11 Å². The Balaban J connectivity index is 1.44. The molecule has 1 aliphatic rings. The average Bonchev–Trinajstić information content (AvgIpc) is 2.81. The summed E-state index contributed by atoms with van der Waals surface area (Å²) in [7, 11) is 3.55. The first kappa shape index (κ1) is 26.5. The van der Waals surface area contributed by atoms with Gasteiger partial charge in [0.15, 0.2) is 11.5 Å². The highest BCUT2D eigenvalue weighted by Crippen LogP contribution is 2.29. The van der Waals surface area contributed by atoms with Gasteiger partial charge in [0, 0.05) is 25.7 Å². The lowest BCUT2D eigenvalue weighted by Crippen LogP contribution is -2.35. The number of rotatable bonds is 12. The van der Waals surface area contributed by atoms with Crippen LogP contribution in [0.25, 0.3) is 0 Å². The van der Waals surface area contributed by atoms with Crippen molar-refractivity contribution in [3.8, 4) is 17.2 Å². The molecule has 2 aromatic rings. The first-order chi connectivity index (χ1) is 16.3. The molecule has 1 aliphatic heterocycles. The minimum absolute atomic E-state index is 0.0134. The molecule has 6 nitrogen and oxygen atoms in total. The normalized spacial score (nSPS) is 16.0. The molecular weight excluding hydrogens is 459 g/mol. The van der Waals surface area contributed by atoms with E-state index in [9.17, 15) is 9.50 Å². The van der Waals surface area contributed by atoms with Crippen molar-refractivity contribution in [3.63, 3.8) is 0 Å². The molecule has 2 aromatic carbocycles. The van der Waals surface area contributed by atoms with Gasteiger partial charge >= 0.3 is 0 Å². The minimum Gasteiger partial charge on any atom is -0.493 e. The molecule has 188 valence electrons. The fraction of sp³-hybridized carbons (Fsp3) is 0.538. The van der Waals surface area contributed by atoms with Gasteiger partial charge in [0.1, 0.15) is 30.9 Å². The second-order valence-electron chi connectivity index (χ2n) is 9.09. The van der Waals surface area contributed by atoms with Gasteiger partial charge < -0.3 is 19.3 Å². The minimum atomic E-state index is -0.758. The zero-order chi connectivity index (χ0) is 24.5. The molecule has 1 heterocycles. The van der Waals surface area contributed by atoms with Crippen molar-refractivity contribution in [2.45, 2.75) is 32.4 Å². The van der Waals surface area contributed by atoms with Crippen LogP contribution < -0.4 is 14.2 Å². The Morgan fingerprint density at radius 2 is 1.88 bits per heavy atom. The molecule has 8 heteroatoms. The summed E-state index contributed by atoms with van der Waals surface area (Å²) in [5, 5.41) is 10.6. The number of piperidine rings is 1. The maximum Gasteiger partial charge on any atom is 0.161 e. The van der Waals surface area contributed by atoms with Crippen molar-refractivity contribution >= 4 is 11.6 Å². The number of likely N-dealkylation sites (N-methyl/N-ethyl adjacent to an activating group) is 1. The van der Waals surface area contributed by atoms with Crippen LogP contribution in [0.15, 0.2) is 36.4 Å². The van der Waals surface area contributed by atoms with Crippen LogP contribution in [0.4, 0.5) is 4.39 Å². The maximum atomic E-state index is 13.4. The van der Waals surface area contributed by atoms with Gasteiger partial charge in [-0.2, -0.15) is 0 Å². The van der Waals surface area contributed by atoms with Crippen molar-refractivity contribution in [1.29, 1.82) is 0 Å². The largest absolute Gasteiger partial charge is 0.493 e. The third-order valence-corrected chi connectivity index (χ3v) is 6.38. The summed E-state index contributed by atoms with van der Waals surface area (Å²) in [6.45, 7) is 7.14. The van der Waals surface area contributed by atoms with Crippen molar-refractivity contribution in [3.05, 3.63) is 52.8 Å². The Bertz CT molecular complexity index is 908. The first-order valence-corrected chi connectivity index (χ1v) is 12.2. The number of hydrogen-bond donors (Lipinski definition) is 1. The second-order valence-corrected chi connectivity index (χ2v) is 9.50. The van der Waals surface area contributed by atoms with Gasteiger partial charge in [0.2, 0.25) is 0 Å². The molecular formula is C26H36ClFN2O4. The number of aliphatic hydroxyl groups excluding tert-OH is 1. The molecule has 1 fully saturated rings. The first-order valence-electron chi connectivity index (χ1n) is 11.8. The smallest absolute Gasteiger partial charge is 0.161 e. The van der Waals surface area contributed by atoms with Crippen LogP contribution in [-0.4, -0.2) is 74.6 Å². The lowest BCUT2D eigenvalue weighted by Gasteiger charge is -2.30. The van der Waals surface area contributed by atoms with Crippen LogP contribution in [0.5, 0.6) is 17.2 Å². The number of methoxy groups -OCH3 is 1. The Morgan fingerprint density at radius 1 is 1.12 bits per heavy atom. The molecule has 0 radical (unpaired) electrons. The molecule has 0 amide bonds. The quantitative estimate of drug-likeness (QED) is 0.470. The summed E-state index contributed by atoms with van der Waals surface area (Å²) in [5.74, 6) is 2.04. The second kappa shape index (κ2) is 13.1. The van der Waals surface area contributed by atoms with E-state index in [1.807, 2.05) is 30.1 Å². The third kappa shape index (κ3) is 8.31. The number of likely N-dealkylation sites (tertiary alicyclic amines) is 1. The standard InChI is InChI=1S/C26H36ClFN2O4/c1-19-8-10-30(11-9-19)12-13-33-24-7-4-20(14-26(24)32-3)16-29(2)17-22(31)18-34-25-15-21(28)5-6-23(25)27/h4-7,14-15,19,22,31H,8-13,16-18H2,1-3H3. The highest BCUT2D eigenvalue weighted by molar-refractivity contribution is 6.32. The van der Waals surface area contributed by atoms with Gasteiger partial charge in [-0.1, -0.05) is 24.6 Å². The van der Waals surface area contributed by atoms with Gasteiger partial charge in [-0.3, -0.25) is 9.80 Å². The van der Waals surface area contributed by atoms with Crippen molar-refractivity contribution in [1.82, 2.24) is 9.80 Å². The Kier molecular flexibility index (Phi) is 10.3. The number of benzene rings is 2. The van der Waals surface area contributed by atoms with Crippen LogP contribution in [-0.2, 0) is 6.54 Å². The van der Waals surface area contributed by atoms with E-state index in [0.29, 0.717) is 30.5 Å². The highest BCUT2D eigenvalue weighted by Gasteiger charge is 2.16. The number of nitrogens with zero attached hydrogens (tertiary/aromatic N) is 2. The van der Waals surface area contributed by atoms with Crippen molar-refractivity contribution in [2.24, 2.45) is 5.92 Å². The number of hydrogen-bond acceptors (Lipinski definition) is 6. The summed E-state index contributed by atoms with van der Waals surface area (Å²) < 4.78 is 30.4. The fourth-order valence-corrected chi connectivity index (χ4v) is 4.23. The van der Waals surface area contributed by atoms with Gasteiger partial charge in [-0.15, -0.1) is 0 Å². The molecule has 1 unspecified atom stereocenters. The molecule has 0 saturated carbocycles. The van der Waals surface area contributed by atoms with E-state index in [0.717, 1.165) is 36.9 Å². The van der Waals surface area contributed by atoms with Crippen LogP contribution in [0.1, 0.15) is 25.3 Å². The predicted octanol–water partition coefficient (Wildman–Crippen LogP) is 4.47. The SMILES string of the molecule is COc1cc(CN(C)CC(O)COc2cc(F)ccc2Cl)ccc1OCCN1CCC(C)CC1. The molecule has 1 saturated heterocycles. The fourth-order valence-electron chi connectivity index (χ4n) is 4.06. The zero-order valence-corrected chi connectivity index (χ0v) is 21.1. The van der Waals surface area contributed by atoms with Gasteiger partial charge in [0.05, 0.1) is 12.1 Å². The van der Waals surface area contributed by atoms with Crippen LogP contribution in [0, 0.1) is 11.7 Å². The van der Waals surface area contributed by atoms with E-state index in [-0.39, 0.29) is 12.4 Å². The highest BCUT2D eigenvalue weighted by atomic mass is 35.5. The number of aliphatic hydroxyl groups is 1. The molecule has 0 aromatic heterocycles. The van der Waals surface area contributed by atoms with Gasteiger partial charge in [-0.25, -0.2) is 4.39 Å². The molecule has 0 aliphatic carbocycles. The third-order valence-electron chi connectivity index (χ3n) is 6.07. The van der Waals surface area contributed by atoms with Gasteiger partial charge in [0.25, 0.3) is 0 Å². The van der Waals surface area contributed by atoms with E-state index < -0.39 is 11.9 Å². The van der Waals surface area contributed by atoms with Crippen molar-refractivity contribution in [2.75, 3.05) is 53.6 Å². The molecule has 1 atom stereocenters. The Labute approximate surface area is 207 Å². The maximum absolute atomic E-state index is 13.4. The average molecular weight is 495 g/mol. The van der Waals surface area contributed by atoms with Gasteiger partial charge in [-0.05, 0) is 68.7 Å². The summed E-state index contributed by atoms with van der Waals surface area (Å²) in [6.07, 6.45) is 1.75. The zero-order valence-electron chi connectivity index (χ0n) is 20.3. The topological polar surface area (TPSA) is 54.4 Å². The molecule has 34 heavy (non-hydrogen) atoms. The summed E-state index contributed by atoms with van der Waals surface area (Å²) in [4.78, 5) is 4.43. The van der Waals surface area contributed by atoms with Crippen LogP contribution in [0.2, 0.25) is 5.02 Å². The summed E-state index contributed by atoms with van der Waals surface area (Å²) in [5.41, 5.74) is 1.04. The Hall–Kier alpha value is -2.06. The van der Waals surface area contributed by atoms with Crippen LogP contribution in [0.3, 0.4) is 0 Å². The molecule has 0 spiro atoms. The van der Waals surface area contributed by atoms with Crippen molar-refractivity contribution < 1.29 is 23.7 Å². The lowest BCUT2D eigenvalue weighted by atomic mass is 9.99. The predicted molar refractivity (Wildman–Crippen MR) is 133 cm³/mol. The van der Waals surface area contributed by atoms with E-state index in [2.05, 4.69) is 11.8 Å². The molecule has 0 bridgehead atoms. The number of halogens is 2. The van der Waals surface area contributed by atoms with E-state index in [4.69, 9.17) is 25.8 Å². The molecule has 1 N–H and O–H groups in total. The monoisotopic (exact) mass is 494 g/mol. The number of ether oxygens (including phenoxy) is 3. The van der Waals surface area contributed by atoms with E-state index >= 15 is 0 Å².